The van der Waals surface area contributed by atoms with Crippen LogP contribution in [0.15, 0.2) is 29.3 Å². The molecule has 0 saturated heterocycles. The first-order chi connectivity index (χ1) is 6.25. The second-order valence-corrected chi connectivity index (χ2v) is 3.02. The van der Waals surface area contributed by atoms with Crippen molar-refractivity contribution in [2.75, 3.05) is 6.54 Å². The number of rotatable bonds is 1. The first-order valence-electron chi connectivity index (χ1n) is 4.11. The minimum absolute atomic E-state index is 0.104. The average Bonchev–Trinajstić information content (AvgIpc) is 2.52. The van der Waals surface area contributed by atoms with E-state index in [4.69, 9.17) is 5.73 Å². The zero-order valence-corrected chi connectivity index (χ0v) is 7.07. The highest BCUT2D eigenvalue weighted by Gasteiger charge is 2.16. The van der Waals surface area contributed by atoms with Gasteiger partial charge >= 0.3 is 0 Å². The number of aliphatic imine (C=N–C) groups is 1. The lowest BCUT2D eigenvalue weighted by Gasteiger charge is -2.10. The predicted molar refractivity (Wildman–Crippen MR) is 50.5 cm³/mol. The van der Waals surface area contributed by atoms with Gasteiger partial charge in [0.1, 0.15) is 5.75 Å². The van der Waals surface area contributed by atoms with Crippen molar-refractivity contribution in [2.45, 2.75) is 6.04 Å². The molecule has 0 radical (unpaired) electrons. The van der Waals surface area contributed by atoms with Crippen LogP contribution in [0.4, 0.5) is 0 Å². The summed E-state index contributed by atoms with van der Waals surface area (Å²) < 4.78 is 0. The SMILES string of the molecule is NC1=NCC(c2cccc(O)c2)N1. The molecule has 4 nitrogen and oxygen atoms in total. The number of phenolic OH excluding ortho intramolecular Hbond substituents is 1. The third kappa shape index (κ3) is 1.56. The van der Waals surface area contributed by atoms with Crippen LogP contribution >= 0.6 is 0 Å². The highest BCUT2D eigenvalue weighted by molar-refractivity contribution is 5.80. The molecule has 1 heterocycles. The maximum absolute atomic E-state index is 9.24. The summed E-state index contributed by atoms with van der Waals surface area (Å²) in [5, 5.41) is 12.3. The van der Waals surface area contributed by atoms with E-state index in [0.29, 0.717) is 12.5 Å². The van der Waals surface area contributed by atoms with Crippen molar-refractivity contribution in [1.82, 2.24) is 5.32 Å². The summed E-state index contributed by atoms with van der Waals surface area (Å²) in [6.45, 7) is 0.634. The lowest BCUT2D eigenvalue weighted by Crippen LogP contribution is -2.29. The van der Waals surface area contributed by atoms with Crippen LogP contribution < -0.4 is 11.1 Å². The number of phenols is 1. The van der Waals surface area contributed by atoms with Gasteiger partial charge in [0.15, 0.2) is 5.96 Å². The molecule has 4 N–H and O–H groups in total. The Labute approximate surface area is 76.1 Å². The van der Waals surface area contributed by atoms with Crippen molar-refractivity contribution < 1.29 is 5.11 Å². The monoisotopic (exact) mass is 177 g/mol. The molecular weight excluding hydrogens is 166 g/mol. The summed E-state index contributed by atoms with van der Waals surface area (Å²) in [5.41, 5.74) is 6.48. The van der Waals surface area contributed by atoms with E-state index >= 15 is 0 Å². The summed E-state index contributed by atoms with van der Waals surface area (Å²) in [7, 11) is 0. The van der Waals surface area contributed by atoms with Crippen molar-refractivity contribution >= 4 is 5.96 Å². The molecule has 0 bridgehead atoms. The average molecular weight is 177 g/mol. The first kappa shape index (κ1) is 7.91. The van der Waals surface area contributed by atoms with E-state index in [1.54, 1.807) is 18.2 Å². The molecule has 4 heteroatoms. The first-order valence-corrected chi connectivity index (χ1v) is 4.11. The van der Waals surface area contributed by atoms with Gasteiger partial charge in [-0.05, 0) is 17.7 Å². The van der Waals surface area contributed by atoms with E-state index in [2.05, 4.69) is 10.3 Å². The molecule has 1 aromatic carbocycles. The third-order valence-electron chi connectivity index (χ3n) is 2.04. The molecule has 0 amide bonds. The summed E-state index contributed by atoms with van der Waals surface area (Å²) in [5.74, 6) is 0.734. The Kier molecular flexibility index (Phi) is 1.81. The summed E-state index contributed by atoms with van der Waals surface area (Å²) in [4.78, 5) is 4.03. The zero-order valence-electron chi connectivity index (χ0n) is 7.07. The molecule has 1 atom stereocenters. The maximum atomic E-state index is 9.24. The molecule has 2 rings (SSSR count). The number of aromatic hydroxyl groups is 1. The van der Waals surface area contributed by atoms with Crippen LogP contribution in [0, 0.1) is 0 Å². The number of benzene rings is 1. The van der Waals surface area contributed by atoms with Crippen molar-refractivity contribution in [3.8, 4) is 5.75 Å². The number of guanidine groups is 1. The predicted octanol–water partition coefficient (Wildman–Crippen LogP) is 0.351. The Bertz CT molecular complexity index is 348. The minimum atomic E-state index is 0.104. The van der Waals surface area contributed by atoms with Gasteiger partial charge < -0.3 is 16.2 Å². The van der Waals surface area contributed by atoms with Crippen LogP contribution in [-0.2, 0) is 0 Å². The normalized spacial score (nSPS) is 20.9. The highest BCUT2D eigenvalue weighted by atomic mass is 16.3. The molecule has 0 aliphatic carbocycles. The Balaban J connectivity index is 2.18. The highest BCUT2D eigenvalue weighted by Crippen LogP contribution is 2.20. The zero-order chi connectivity index (χ0) is 9.26. The second kappa shape index (κ2) is 2.97. The molecular formula is C9H11N3O. The Morgan fingerprint density at radius 1 is 1.54 bits per heavy atom. The lowest BCUT2D eigenvalue weighted by molar-refractivity contribution is 0.473. The number of hydrogen-bond acceptors (Lipinski definition) is 4. The fourth-order valence-corrected chi connectivity index (χ4v) is 1.39. The molecule has 0 fully saturated rings. The fourth-order valence-electron chi connectivity index (χ4n) is 1.39. The van der Waals surface area contributed by atoms with Gasteiger partial charge in [0.25, 0.3) is 0 Å². The van der Waals surface area contributed by atoms with E-state index in [1.165, 1.54) is 0 Å². The van der Waals surface area contributed by atoms with E-state index < -0.39 is 0 Å². The van der Waals surface area contributed by atoms with E-state index in [0.717, 1.165) is 5.56 Å². The van der Waals surface area contributed by atoms with Crippen molar-refractivity contribution in [3.63, 3.8) is 0 Å². The van der Waals surface area contributed by atoms with Gasteiger partial charge in [-0.3, -0.25) is 4.99 Å². The van der Waals surface area contributed by atoms with E-state index in [1.807, 2.05) is 6.07 Å². The van der Waals surface area contributed by atoms with Crippen LogP contribution in [0.3, 0.4) is 0 Å². The topological polar surface area (TPSA) is 70.6 Å². The van der Waals surface area contributed by atoms with Crippen LogP contribution in [-0.4, -0.2) is 17.6 Å². The fraction of sp³-hybridized carbons (Fsp3) is 0.222. The summed E-state index contributed by atoms with van der Waals surface area (Å²) in [6, 6.07) is 7.20. The Morgan fingerprint density at radius 3 is 3.00 bits per heavy atom. The van der Waals surface area contributed by atoms with Crippen LogP contribution in [0.1, 0.15) is 11.6 Å². The Hall–Kier alpha value is -1.71. The van der Waals surface area contributed by atoms with Crippen LogP contribution in [0.2, 0.25) is 0 Å². The Morgan fingerprint density at radius 2 is 2.38 bits per heavy atom. The smallest absolute Gasteiger partial charge is 0.189 e. The van der Waals surface area contributed by atoms with Crippen molar-refractivity contribution in [2.24, 2.45) is 10.7 Å². The molecule has 1 aromatic rings. The van der Waals surface area contributed by atoms with Crippen molar-refractivity contribution in [3.05, 3.63) is 29.8 Å². The van der Waals surface area contributed by atoms with Gasteiger partial charge in [-0.1, -0.05) is 12.1 Å². The molecule has 0 spiro atoms. The van der Waals surface area contributed by atoms with Gasteiger partial charge in [0.05, 0.1) is 12.6 Å². The summed E-state index contributed by atoms with van der Waals surface area (Å²) in [6.07, 6.45) is 0. The molecule has 0 saturated carbocycles. The molecule has 1 unspecified atom stereocenters. The van der Waals surface area contributed by atoms with Crippen LogP contribution in [0.25, 0.3) is 0 Å². The minimum Gasteiger partial charge on any atom is -0.508 e. The maximum Gasteiger partial charge on any atom is 0.189 e. The van der Waals surface area contributed by atoms with Crippen molar-refractivity contribution in [1.29, 1.82) is 0 Å². The second-order valence-electron chi connectivity index (χ2n) is 3.02. The number of nitrogens with one attached hydrogen (secondary N) is 1. The van der Waals surface area contributed by atoms with Gasteiger partial charge in [-0.25, -0.2) is 0 Å². The molecule has 13 heavy (non-hydrogen) atoms. The third-order valence-corrected chi connectivity index (χ3v) is 2.04. The molecule has 1 aliphatic heterocycles. The van der Waals surface area contributed by atoms with E-state index in [-0.39, 0.29) is 11.8 Å². The van der Waals surface area contributed by atoms with Gasteiger partial charge in [-0.2, -0.15) is 0 Å². The van der Waals surface area contributed by atoms with Gasteiger partial charge in [0, 0.05) is 0 Å². The molecule has 0 aromatic heterocycles. The standard InChI is InChI=1S/C9H11N3O/c10-9-11-5-8(12-9)6-2-1-3-7(13)4-6/h1-4,8,13H,5H2,(H3,10,11,12). The number of hydrogen-bond donors (Lipinski definition) is 3. The quantitative estimate of drug-likeness (QED) is 0.579. The van der Waals surface area contributed by atoms with E-state index in [9.17, 15) is 5.11 Å². The van der Waals surface area contributed by atoms with Gasteiger partial charge in [0.2, 0.25) is 0 Å². The largest absolute Gasteiger partial charge is 0.508 e. The lowest BCUT2D eigenvalue weighted by atomic mass is 10.1. The molecule has 1 aliphatic rings. The molecule has 68 valence electrons. The van der Waals surface area contributed by atoms with Gasteiger partial charge in [-0.15, -0.1) is 0 Å². The number of nitrogens with two attached hydrogens (primary N) is 1. The van der Waals surface area contributed by atoms with Crippen LogP contribution in [0.5, 0.6) is 5.75 Å². The summed E-state index contributed by atoms with van der Waals surface area (Å²) >= 11 is 0. The number of nitrogens with zero attached hydrogens (tertiary/aromatic N) is 1.